The van der Waals surface area contributed by atoms with Crippen LogP contribution in [0.1, 0.15) is 101 Å². The summed E-state index contributed by atoms with van der Waals surface area (Å²) in [5.41, 5.74) is 8.89. The summed E-state index contributed by atoms with van der Waals surface area (Å²) in [6, 6.07) is -0.440. The van der Waals surface area contributed by atoms with Crippen LogP contribution in [0.4, 0.5) is 0 Å². The third-order valence-electron chi connectivity index (χ3n) is 7.33. The molecule has 2 atom stereocenters. The monoisotopic (exact) mass is 471 g/mol. The minimum Gasteiger partial charge on any atom is -0.461 e. The van der Waals surface area contributed by atoms with Gasteiger partial charge in [-0.1, -0.05) is 75.7 Å². The summed E-state index contributed by atoms with van der Waals surface area (Å²) in [5.74, 6) is 1.31. The van der Waals surface area contributed by atoms with Crippen LogP contribution in [0.15, 0.2) is 0 Å². The average Bonchev–Trinajstić information content (AvgIpc) is 3.57. The molecule has 4 nitrogen and oxygen atoms in total. The zero-order valence-corrected chi connectivity index (χ0v) is 24.7. The highest BCUT2D eigenvalue weighted by Crippen LogP contribution is 2.46. The second kappa shape index (κ2) is 12.9. The lowest BCUT2D eigenvalue weighted by atomic mass is 10.00. The number of esters is 1. The first-order valence-electron chi connectivity index (χ1n) is 13.0. The zero-order chi connectivity index (χ0) is 23.9. The lowest BCUT2D eigenvalue weighted by Gasteiger charge is -2.43. The van der Waals surface area contributed by atoms with Crippen molar-refractivity contribution in [3.8, 4) is 0 Å². The number of carbonyl (C=O) groups is 1. The van der Waals surface area contributed by atoms with Crippen LogP contribution in [-0.2, 0) is 13.6 Å². The molecule has 2 fully saturated rings. The fourth-order valence-electron chi connectivity index (χ4n) is 4.94. The van der Waals surface area contributed by atoms with Crippen LogP contribution in [0.2, 0.25) is 22.2 Å². The van der Waals surface area contributed by atoms with E-state index in [1.54, 1.807) is 0 Å². The largest absolute Gasteiger partial charge is 0.461 e. The molecule has 2 aliphatic carbocycles. The van der Waals surface area contributed by atoms with E-state index in [1.165, 1.54) is 25.7 Å². The summed E-state index contributed by atoms with van der Waals surface area (Å²) in [6.07, 6.45) is 6.02. The van der Waals surface area contributed by atoms with Crippen LogP contribution in [0, 0.1) is 17.8 Å². The molecule has 6 heteroatoms. The van der Waals surface area contributed by atoms with Gasteiger partial charge in [0.1, 0.15) is 21.9 Å². The fourth-order valence-corrected chi connectivity index (χ4v) is 15.4. The van der Waals surface area contributed by atoms with E-state index in [0.717, 1.165) is 28.6 Å². The second-order valence-electron chi connectivity index (χ2n) is 11.5. The van der Waals surface area contributed by atoms with Crippen LogP contribution in [0.5, 0.6) is 0 Å². The van der Waals surface area contributed by atoms with E-state index in [0.29, 0.717) is 11.8 Å². The van der Waals surface area contributed by atoms with Gasteiger partial charge in [0.25, 0.3) is 0 Å². The number of rotatable bonds is 12. The smallest absolute Gasteiger partial charge is 0.323 e. The summed E-state index contributed by atoms with van der Waals surface area (Å²) in [6.45, 7) is 22.8. The van der Waals surface area contributed by atoms with E-state index in [9.17, 15) is 4.79 Å². The first-order valence-corrected chi connectivity index (χ1v) is 16.5. The SMILES string of the molecule is CC(C)[SiH2]O[Si](C(C)C)(C(C)C)C(C)C.CCC(C)C(N)C(=O)OC(C1CC1)C1CC1. The predicted molar refractivity (Wildman–Crippen MR) is 139 cm³/mol. The van der Waals surface area contributed by atoms with Crippen molar-refractivity contribution < 1.29 is 13.6 Å². The molecule has 31 heavy (non-hydrogen) atoms. The van der Waals surface area contributed by atoms with Crippen molar-refractivity contribution in [3.05, 3.63) is 0 Å². The van der Waals surface area contributed by atoms with Crippen LogP contribution >= 0.6 is 0 Å². The first kappa shape index (κ1) is 28.9. The van der Waals surface area contributed by atoms with Crippen molar-refractivity contribution in [1.29, 1.82) is 0 Å². The third-order valence-corrected chi connectivity index (χ3v) is 16.1. The van der Waals surface area contributed by atoms with Crippen molar-refractivity contribution in [3.63, 3.8) is 0 Å². The maximum absolute atomic E-state index is 11.9. The third kappa shape index (κ3) is 8.60. The fraction of sp³-hybridized carbons (Fsp3) is 0.960. The van der Waals surface area contributed by atoms with Crippen molar-refractivity contribution in [2.75, 3.05) is 0 Å². The molecule has 0 aromatic carbocycles. The van der Waals surface area contributed by atoms with E-state index in [1.807, 2.05) is 6.92 Å². The highest BCUT2D eigenvalue weighted by molar-refractivity contribution is 6.81. The van der Waals surface area contributed by atoms with Gasteiger partial charge >= 0.3 is 5.97 Å². The lowest BCUT2D eigenvalue weighted by molar-refractivity contribution is -0.154. The van der Waals surface area contributed by atoms with Gasteiger partial charge in [-0.2, -0.15) is 0 Å². The maximum Gasteiger partial charge on any atom is 0.323 e. The Hall–Kier alpha value is -0.176. The van der Waals surface area contributed by atoms with Gasteiger partial charge in [0.2, 0.25) is 0 Å². The Morgan fingerprint density at radius 2 is 1.32 bits per heavy atom. The van der Waals surface area contributed by atoms with Gasteiger partial charge < -0.3 is 14.6 Å². The molecule has 2 rings (SSSR count). The Labute approximate surface area is 196 Å². The minimum atomic E-state index is -1.53. The highest BCUT2D eigenvalue weighted by atomic mass is 28.4. The molecule has 0 aliphatic heterocycles. The van der Waals surface area contributed by atoms with Crippen molar-refractivity contribution in [2.24, 2.45) is 23.5 Å². The molecule has 2 saturated carbocycles. The molecular formula is C25H53NO3Si2. The minimum absolute atomic E-state index is 0.182. The standard InChI is InChI=1S/C13H23NO2.C12H30OSi2/c1-3-8(2)11(14)13(15)16-12(9-4-5-9)10-6-7-10;1-9(2)14-13-15(10(3)4,11(5)6)12(7)8/h8-12H,3-7,14H2,1-2H3;9-12H,14H2,1-8H3. The topological polar surface area (TPSA) is 61.5 Å². The van der Waals surface area contributed by atoms with Gasteiger partial charge in [0, 0.05) is 0 Å². The normalized spacial score (nSPS) is 19.5. The molecule has 0 aromatic heterocycles. The van der Waals surface area contributed by atoms with Crippen molar-refractivity contribution >= 4 is 24.0 Å². The Bertz CT molecular complexity index is 497. The molecule has 0 spiro atoms. The van der Waals surface area contributed by atoms with Gasteiger partial charge in [-0.25, -0.2) is 0 Å². The summed E-state index contributed by atoms with van der Waals surface area (Å²) in [5, 5.41) is 0. The van der Waals surface area contributed by atoms with Gasteiger partial charge in [0.15, 0.2) is 8.32 Å². The van der Waals surface area contributed by atoms with Crippen molar-refractivity contribution in [2.45, 2.75) is 136 Å². The van der Waals surface area contributed by atoms with E-state index in [4.69, 9.17) is 14.6 Å². The zero-order valence-electron chi connectivity index (χ0n) is 22.2. The predicted octanol–water partition coefficient (Wildman–Crippen LogP) is 6.18. The number of hydrogen-bond acceptors (Lipinski definition) is 4. The summed E-state index contributed by atoms with van der Waals surface area (Å²) in [4.78, 5) is 11.9. The molecule has 0 heterocycles. The van der Waals surface area contributed by atoms with E-state index in [2.05, 4.69) is 62.3 Å². The summed E-state index contributed by atoms with van der Waals surface area (Å²) >= 11 is 0. The molecule has 0 saturated heterocycles. The second-order valence-corrected chi connectivity index (χ2v) is 19.8. The highest BCUT2D eigenvalue weighted by Gasteiger charge is 2.45. The maximum atomic E-state index is 11.9. The Balaban J connectivity index is 0.000000311. The van der Waals surface area contributed by atoms with Gasteiger partial charge in [-0.15, -0.1) is 0 Å². The van der Waals surface area contributed by atoms with Crippen LogP contribution in [0.3, 0.4) is 0 Å². The van der Waals surface area contributed by atoms with Crippen LogP contribution in [0.25, 0.3) is 0 Å². The van der Waals surface area contributed by atoms with E-state index >= 15 is 0 Å². The Kier molecular flexibility index (Phi) is 12.0. The Morgan fingerprint density at radius 3 is 1.61 bits per heavy atom. The number of nitrogens with two attached hydrogens (primary N) is 1. The Morgan fingerprint density at radius 1 is 0.903 bits per heavy atom. The van der Waals surface area contributed by atoms with Gasteiger partial charge in [-0.3, -0.25) is 4.79 Å². The molecule has 2 N–H and O–H groups in total. The average molecular weight is 472 g/mol. The molecule has 184 valence electrons. The molecular weight excluding hydrogens is 418 g/mol. The van der Waals surface area contributed by atoms with E-state index in [-0.39, 0.29) is 27.8 Å². The lowest BCUT2D eigenvalue weighted by Crippen LogP contribution is -2.48. The molecule has 0 radical (unpaired) electrons. The van der Waals surface area contributed by atoms with E-state index < -0.39 is 14.4 Å². The molecule has 0 bridgehead atoms. The molecule has 0 amide bonds. The van der Waals surface area contributed by atoms with Crippen molar-refractivity contribution in [1.82, 2.24) is 0 Å². The van der Waals surface area contributed by atoms with Gasteiger partial charge in [0.05, 0.1) is 0 Å². The summed E-state index contributed by atoms with van der Waals surface area (Å²) in [7, 11) is -1.85. The first-order chi connectivity index (χ1) is 14.4. The summed E-state index contributed by atoms with van der Waals surface area (Å²) < 4.78 is 12.2. The molecule has 0 aromatic rings. The quantitative estimate of drug-likeness (QED) is 0.272. The number of carbonyl (C=O) groups excluding carboxylic acids is 1. The van der Waals surface area contributed by atoms with Crippen LogP contribution < -0.4 is 5.73 Å². The van der Waals surface area contributed by atoms with Crippen LogP contribution in [-0.4, -0.2) is 36.2 Å². The van der Waals surface area contributed by atoms with Gasteiger partial charge in [-0.05, 0) is 65.6 Å². The number of ether oxygens (including phenoxy) is 1. The molecule has 2 aliphatic rings. The molecule has 2 unspecified atom stereocenters. The number of hydrogen-bond donors (Lipinski definition) is 1.